The number of carbonyl (C=O) groups is 2. The van der Waals surface area contributed by atoms with Crippen molar-refractivity contribution in [3.8, 4) is 0 Å². The van der Waals surface area contributed by atoms with Crippen LogP contribution in [0.4, 0.5) is 0 Å². The Balaban J connectivity index is 1.58. The van der Waals surface area contributed by atoms with Gasteiger partial charge in [0.15, 0.2) is 0 Å². The van der Waals surface area contributed by atoms with Gasteiger partial charge in [-0.2, -0.15) is 0 Å². The molecular formula is C16H20N4O2S. The van der Waals surface area contributed by atoms with E-state index in [2.05, 4.69) is 20.2 Å². The molecule has 2 atom stereocenters. The molecule has 0 aliphatic carbocycles. The number of fused-ring (bicyclic) bond motifs is 1. The number of hydrogen-bond donors (Lipinski definition) is 2. The van der Waals surface area contributed by atoms with Crippen LogP contribution in [-0.4, -0.2) is 27.4 Å². The lowest BCUT2D eigenvalue weighted by Crippen LogP contribution is -2.42. The first-order valence-corrected chi connectivity index (χ1v) is 8.59. The number of imidazole rings is 1. The van der Waals surface area contributed by atoms with Crippen molar-refractivity contribution in [3.05, 3.63) is 40.6 Å². The number of thiophene rings is 1. The number of rotatable bonds is 5. The van der Waals surface area contributed by atoms with Gasteiger partial charge in [0, 0.05) is 43.2 Å². The van der Waals surface area contributed by atoms with Crippen molar-refractivity contribution in [2.24, 2.45) is 0 Å². The minimum atomic E-state index is -0.264. The molecular weight excluding hydrogens is 312 g/mol. The minimum absolute atomic E-state index is 0.0364. The molecule has 0 saturated carbocycles. The first kappa shape index (κ1) is 15.7. The fraction of sp³-hybridized carbons (Fsp3) is 0.438. The largest absolute Gasteiger partial charge is 0.351 e. The highest BCUT2D eigenvalue weighted by atomic mass is 32.1. The molecule has 0 radical (unpaired) electrons. The normalized spacial score (nSPS) is 18.0. The Hall–Kier alpha value is -2.15. The zero-order valence-electron chi connectivity index (χ0n) is 13.0. The summed E-state index contributed by atoms with van der Waals surface area (Å²) in [6.07, 6.45) is 5.76. The maximum atomic E-state index is 12.4. The molecule has 2 aromatic rings. The van der Waals surface area contributed by atoms with Crippen molar-refractivity contribution in [1.82, 2.24) is 20.2 Å². The molecule has 1 aliphatic heterocycles. The van der Waals surface area contributed by atoms with Gasteiger partial charge in [-0.05, 0) is 17.9 Å². The average molecular weight is 332 g/mol. The van der Waals surface area contributed by atoms with Gasteiger partial charge < -0.3 is 15.2 Å². The summed E-state index contributed by atoms with van der Waals surface area (Å²) in [5.41, 5.74) is 0. The molecule has 7 heteroatoms. The third kappa shape index (κ3) is 3.98. The van der Waals surface area contributed by atoms with Crippen molar-refractivity contribution in [3.63, 3.8) is 0 Å². The number of amides is 2. The van der Waals surface area contributed by atoms with Gasteiger partial charge in [-0.25, -0.2) is 4.98 Å². The molecule has 0 aromatic carbocycles. The van der Waals surface area contributed by atoms with Crippen molar-refractivity contribution < 1.29 is 9.59 Å². The Labute approximate surface area is 138 Å². The lowest BCUT2D eigenvalue weighted by Gasteiger charge is -2.25. The number of nitrogens with one attached hydrogen (secondary N) is 2. The van der Waals surface area contributed by atoms with E-state index in [0.29, 0.717) is 0 Å². The average Bonchev–Trinajstić information content (AvgIpc) is 3.17. The van der Waals surface area contributed by atoms with E-state index in [1.807, 2.05) is 23.7 Å². The predicted octanol–water partition coefficient (Wildman–Crippen LogP) is 1.64. The van der Waals surface area contributed by atoms with Gasteiger partial charge in [0.25, 0.3) is 0 Å². The Morgan fingerprint density at radius 1 is 1.52 bits per heavy atom. The molecule has 6 nitrogen and oxygen atoms in total. The summed E-state index contributed by atoms with van der Waals surface area (Å²) in [5.74, 6) is 0.910. The summed E-state index contributed by atoms with van der Waals surface area (Å²) in [4.78, 5) is 29.0. The summed E-state index contributed by atoms with van der Waals surface area (Å²) >= 11 is 1.55. The Bertz CT molecular complexity index is 680. The maximum absolute atomic E-state index is 12.4. The van der Waals surface area contributed by atoms with Gasteiger partial charge in [-0.1, -0.05) is 6.07 Å². The smallest absolute Gasteiger partial charge is 0.222 e. The van der Waals surface area contributed by atoms with Gasteiger partial charge in [-0.3, -0.25) is 9.59 Å². The number of nitrogens with zero attached hydrogens (tertiary/aromatic N) is 2. The van der Waals surface area contributed by atoms with Crippen LogP contribution in [0.3, 0.4) is 0 Å². The summed E-state index contributed by atoms with van der Waals surface area (Å²) in [7, 11) is 0. The fourth-order valence-corrected chi connectivity index (χ4v) is 3.69. The molecule has 0 saturated heterocycles. The summed E-state index contributed by atoms with van der Waals surface area (Å²) < 4.78 is 2.08. The Morgan fingerprint density at radius 2 is 2.39 bits per heavy atom. The monoisotopic (exact) mass is 332 g/mol. The van der Waals surface area contributed by atoms with Crippen LogP contribution < -0.4 is 10.6 Å². The molecule has 122 valence electrons. The van der Waals surface area contributed by atoms with Crippen LogP contribution in [0.2, 0.25) is 0 Å². The van der Waals surface area contributed by atoms with E-state index in [0.717, 1.165) is 30.1 Å². The number of hydrogen-bond acceptors (Lipinski definition) is 4. The van der Waals surface area contributed by atoms with E-state index in [1.54, 1.807) is 17.5 Å². The molecule has 2 amide bonds. The lowest BCUT2D eigenvalue weighted by molar-refractivity contribution is -0.123. The van der Waals surface area contributed by atoms with E-state index in [-0.39, 0.29) is 30.3 Å². The van der Waals surface area contributed by atoms with Crippen LogP contribution in [0.15, 0.2) is 29.9 Å². The maximum Gasteiger partial charge on any atom is 0.222 e. The van der Waals surface area contributed by atoms with E-state index in [9.17, 15) is 9.59 Å². The minimum Gasteiger partial charge on any atom is -0.351 e. The number of carbonyl (C=O) groups excluding carboxylic acids is 2. The van der Waals surface area contributed by atoms with Crippen LogP contribution >= 0.6 is 11.3 Å². The van der Waals surface area contributed by atoms with Crippen LogP contribution in [0.25, 0.3) is 0 Å². The van der Waals surface area contributed by atoms with Gasteiger partial charge >= 0.3 is 0 Å². The molecule has 23 heavy (non-hydrogen) atoms. The third-order valence-corrected chi connectivity index (χ3v) is 4.94. The van der Waals surface area contributed by atoms with Crippen LogP contribution in [0.5, 0.6) is 0 Å². The van der Waals surface area contributed by atoms with Crippen molar-refractivity contribution >= 4 is 23.2 Å². The molecule has 0 fully saturated rings. The first-order valence-electron chi connectivity index (χ1n) is 7.71. The SMILES string of the molecule is CC(=O)N[C@@H](CC(=O)N[C@@H]1CCc2nccn2C1)c1cccs1. The predicted molar refractivity (Wildman–Crippen MR) is 88.0 cm³/mol. The second-order valence-electron chi connectivity index (χ2n) is 5.77. The van der Waals surface area contributed by atoms with Crippen LogP contribution in [0, 0.1) is 0 Å². The highest BCUT2D eigenvalue weighted by Gasteiger charge is 2.23. The van der Waals surface area contributed by atoms with Gasteiger partial charge in [0.05, 0.1) is 12.5 Å². The van der Waals surface area contributed by atoms with Crippen molar-refractivity contribution in [1.29, 1.82) is 0 Å². The topological polar surface area (TPSA) is 76.0 Å². The Kier molecular flexibility index (Phi) is 4.76. The Morgan fingerprint density at radius 3 is 3.13 bits per heavy atom. The highest BCUT2D eigenvalue weighted by Crippen LogP contribution is 2.22. The van der Waals surface area contributed by atoms with E-state index in [1.165, 1.54) is 6.92 Å². The number of aryl methyl sites for hydroxylation is 1. The molecule has 3 heterocycles. The van der Waals surface area contributed by atoms with E-state index in [4.69, 9.17) is 0 Å². The molecule has 1 aliphatic rings. The second kappa shape index (κ2) is 6.95. The molecule has 0 bridgehead atoms. The van der Waals surface area contributed by atoms with Gasteiger partial charge in [0.2, 0.25) is 11.8 Å². The molecule has 0 unspecified atom stereocenters. The quantitative estimate of drug-likeness (QED) is 0.874. The number of aromatic nitrogens is 2. The highest BCUT2D eigenvalue weighted by molar-refractivity contribution is 7.10. The zero-order chi connectivity index (χ0) is 16.2. The van der Waals surface area contributed by atoms with Gasteiger partial charge in [0.1, 0.15) is 5.82 Å². The molecule has 2 aromatic heterocycles. The first-order chi connectivity index (χ1) is 11.1. The van der Waals surface area contributed by atoms with Crippen LogP contribution in [0.1, 0.15) is 36.5 Å². The summed E-state index contributed by atoms with van der Waals surface area (Å²) in [6.45, 7) is 2.23. The molecule has 0 spiro atoms. The molecule has 2 N–H and O–H groups in total. The van der Waals surface area contributed by atoms with Crippen molar-refractivity contribution in [2.45, 2.75) is 44.8 Å². The van der Waals surface area contributed by atoms with Crippen LogP contribution in [-0.2, 0) is 22.6 Å². The summed E-state index contributed by atoms with van der Waals surface area (Å²) in [5, 5.41) is 7.89. The van der Waals surface area contributed by atoms with Crippen molar-refractivity contribution in [2.75, 3.05) is 0 Å². The molecule has 3 rings (SSSR count). The fourth-order valence-electron chi connectivity index (χ4n) is 2.91. The second-order valence-corrected chi connectivity index (χ2v) is 6.75. The third-order valence-electron chi connectivity index (χ3n) is 3.95. The standard InChI is InChI=1S/C16H20N4O2S/c1-11(21)18-13(14-3-2-8-23-14)9-16(22)19-12-4-5-15-17-6-7-20(15)10-12/h2-3,6-8,12-13H,4-5,9-10H2,1H3,(H,18,21)(H,19,22)/t12-,13+/m1/s1. The van der Waals surface area contributed by atoms with E-state index < -0.39 is 0 Å². The van der Waals surface area contributed by atoms with Gasteiger partial charge in [-0.15, -0.1) is 11.3 Å². The summed E-state index contributed by atoms with van der Waals surface area (Å²) in [6, 6.07) is 3.72. The zero-order valence-corrected chi connectivity index (χ0v) is 13.8. The lowest BCUT2D eigenvalue weighted by atomic mass is 10.1. The van der Waals surface area contributed by atoms with E-state index >= 15 is 0 Å².